The summed E-state index contributed by atoms with van der Waals surface area (Å²) in [7, 11) is 0. The van der Waals surface area contributed by atoms with E-state index < -0.39 is 0 Å². The number of unbranched alkanes of at least 4 members (excludes halogenated alkanes) is 1. The lowest BCUT2D eigenvalue weighted by molar-refractivity contribution is 0.631. The number of nitrogens with zero attached hydrogens (tertiary/aromatic N) is 1. The van der Waals surface area contributed by atoms with Gasteiger partial charge < -0.3 is 5.32 Å². The fourth-order valence-electron chi connectivity index (χ4n) is 1.21. The Labute approximate surface area is 109 Å². The van der Waals surface area contributed by atoms with Crippen LogP contribution >= 0.6 is 15.9 Å². The van der Waals surface area contributed by atoms with Crippen molar-refractivity contribution >= 4 is 27.6 Å². The van der Waals surface area contributed by atoms with Crippen LogP contribution in [0.2, 0.25) is 0 Å². The fourth-order valence-corrected chi connectivity index (χ4v) is 1.65. The van der Waals surface area contributed by atoms with Crippen LogP contribution in [0.4, 0.5) is 10.1 Å². The van der Waals surface area contributed by atoms with Gasteiger partial charge in [0.1, 0.15) is 5.82 Å². The molecule has 1 aromatic carbocycles. The monoisotopic (exact) mass is 302 g/mol. The molecule has 1 aromatic rings. The van der Waals surface area contributed by atoms with Gasteiger partial charge in [-0.1, -0.05) is 19.4 Å². The number of halogens is 2. The Hall–Kier alpha value is -1.14. The number of anilines is 1. The Bertz CT molecular complexity index is 375. The topological polar surface area (TPSA) is 62.4 Å². The number of nitrogens with two attached hydrogens (primary N) is 1. The molecule has 4 nitrogen and oxygen atoms in total. The molecule has 0 amide bonds. The van der Waals surface area contributed by atoms with Gasteiger partial charge >= 0.3 is 0 Å². The van der Waals surface area contributed by atoms with Crippen molar-refractivity contribution in [2.75, 3.05) is 11.9 Å². The predicted octanol–water partition coefficient (Wildman–Crippen LogP) is 2.62. The van der Waals surface area contributed by atoms with Crippen LogP contribution in [0.1, 0.15) is 19.8 Å². The van der Waals surface area contributed by atoms with E-state index in [1.165, 1.54) is 6.07 Å². The molecule has 0 saturated heterocycles. The zero-order valence-corrected chi connectivity index (χ0v) is 11.2. The Balaban J connectivity index is 2.77. The lowest BCUT2D eigenvalue weighted by Crippen LogP contribution is -2.36. The largest absolute Gasteiger partial charge is 0.322 e. The number of hydrazine groups is 1. The summed E-state index contributed by atoms with van der Waals surface area (Å²) in [5.41, 5.74) is 2.74. The fraction of sp³-hybridized carbons (Fsp3) is 0.364. The average Bonchev–Trinajstić information content (AvgIpc) is 2.32. The van der Waals surface area contributed by atoms with E-state index in [4.69, 9.17) is 5.84 Å². The Kier molecular flexibility index (Phi) is 5.93. The summed E-state index contributed by atoms with van der Waals surface area (Å²) in [5, 5.41) is 2.82. The van der Waals surface area contributed by atoms with Crippen LogP contribution in [-0.2, 0) is 0 Å². The van der Waals surface area contributed by atoms with Gasteiger partial charge in [0.15, 0.2) is 0 Å². The van der Waals surface area contributed by atoms with Crippen LogP contribution < -0.4 is 16.6 Å². The van der Waals surface area contributed by atoms with Crippen molar-refractivity contribution < 1.29 is 4.39 Å². The minimum absolute atomic E-state index is 0.320. The van der Waals surface area contributed by atoms with Gasteiger partial charge in [0.25, 0.3) is 0 Å². The van der Waals surface area contributed by atoms with Gasteiger partial charge in [-0.3, -0.25) is 10.4 Å². The molecule has 4 N–H and O–H groups in total. The van der Waals surface area contributed by atoms with Crippen molar-refractivity contribution in [1.29, 1.82) is 0 Å². The summed E-state index contributed by atoms with van der Waals surface area (Å²) in [5.74, 6) is 5.31. The summed E-state index contributed by atoms with van der Waals surface area (Å²) in [4.78, 5) is 4.19. The summed E-state index contributed by atoms with van der Waals surface area (Å²) < 4.78 is 14.1. The number of benzene rings is 1. The number of hydrogen-bond donors (Lipinski definition) is 3. The molecule has 0 bridgehead atoms. The number of guanidine groups is 1. The molecule has 0 unspecified atom stereocenters. The van der Waals surface area contributed by atoms with Crippen molar-refractivity contribution in [2.24, 2.45) is 10.8 Å². The molecule has 0 atom stereocenters. The third-order valence-corrected chi connectivity index (χ3v) is 2.79. The van der Waals surface area contributed by atoms with Gasteiger partial charge in [-0.15, -0.1) is 0 Å². The molecule has 0 aliphatic carbocycles. The van der Waals surface area contributed by atoms with E-state index in [9.17, 15) is 4.39 Å². The molecule has 94 valence electrons. The highest BCUT2D eigenvalue weighted by molar-refractivity contribution is 9.10. The van der Waals surface area contributed by atoms with Crippen molar-refractivity contribution in [3.63, 3.8) is 0 Å². The molecule has 0 spiro atoms. The third-order valence-electron chi connectivity index (χ3n) is 2.12. The van der Waals surface area contributed by atoms with E-state index >= 15 is 0 Å². The second kappa shape index (κ2) is 7.24. The van der Waals surface area contributed by atoms with E-state index in [1.54, 1.807) is 12.1 Å². The number of hydrogen-bond acceptors (Lipinski definition) is 2. The molecular weight excluding hydrogens is 287 g/mol. The standard InChI is InChI=1S/C11H16BrFN4/c1-2-3-7-15-11(17-14)16-10-8(12)5-4-6-9(10)13/h4-6H,2-3,7,14H2,1H3,(H2,15,16,17). The summed E-state index contributed by atoms with van der Waals surface area (Å²) in [6.07, 6.45) is 2.01. The van der Waals surface area contributed by atoms with Gasteiger partial charge in [-0.2, -0.15) is 0 Å². The first-order chi connectivity index (χ1) is 8.19. The summed E-state index contributed by atoms with van der Waals surface area (Å²) in [6.45, 7) is 2.72. The van der Waals surface area contributed by atoms with Crippen LogP contribution in [0, 0.1) is 5.82 Å². The minimum atomic E-state index is -0.363. The van der Waals surface area contributed by atoms with Gasteiger partial charge in [0, 0.05) is 11.0 Å². The number of para-hydroxylation sites is 1. The molecule has 0 aromatic heterocycles. The summed E-state index contributed by atoms with van der Waals surface area (Å²) >= 11 is 3.26. The molecule has 1 rings (SSSR count). The number of aliphatic imine (C=N–C) groups is 1. The third kappa shape index (κ3) is 4.32. The van der Waals surface area contributed by atoms with Crippen molar-refractivity contribution in [3.8, 4) is 0 Å². The highest BCUT2D eigenvalue weighted by Crippen LogP contribution is 2.24. The quantitative estimate of drug-likeness (QED) is 0.263. The van der Waals surface area contributed by atoms with Crippen molar-refractivity contribution in [3.05, 3.63) is 28.5 Å². The van der Waals surface area contributed by atoms with Crippen molar-refractivity contribution in [1.82, 2.24) is 5.43 Å². The van der Waals surface area contributed by atoms with Gasteiger partial charge in [-0.05, 0) is 34.5 Å². The lowest BCUT2D eigenvalue weighted by Gasteiger charge is -2.11. The second-order valence-corrected chi connectivity index (χ2v) is 4.30. The Morgan fingerprint density at radius 1 is 1.53 bits per heavy atom. The second-order valence-electron chi connectivity index (χ2n) is 3.45. The molecular formula is C11H16BrFN4. The first-order valence-corrected chi connectivity index (χ1v) is 6.20. The van der Waals surface area contributed by atoms with E-state index in [1.807, 2.05) is 0 Å². The maximum Gasteiger partial charge on any atom is 0.210 e. The molecule has 0 radical (unpaired) electrons. The molecule has 0 heterocycles. The maximum absolute atomic E-state index is 13.5. The molecule has 0 saturated carbocycles. The van der Waals surface area contributed by atoms with E-state index in [2.05, 4.69) is 38.6 Å². The van der Waals surface area contributed by atoms with E-state index in [-0.39, 0.29) is 5.82 Å². The average molecular weight is 303 g/mol. The van der Waals surface area contributed by atoms with E-state index in [0.717, 1.165) is 12.8 Å². The smallest absolute Gasteiger partial charge is 0.210 e. The molecule has 6 heteroatoms. The summed E-state index contributed by atoms with van der Waals surface area (Å²) in [6, 6.07) is 4.73. The van der Waals surface area contributed by atoms with Gasteiger partial charge in [-0.25, -0.2) is 10.2 Å². The minimum Gasteiger partial charge on any atom is -0.322 e. The highest BCUT2D eigenvalue weighted by Gasteiger charge is 2.07. The Morgan fingerprint density at radius 3 is 2.88 bits per heavy atom. The first-order valence-electron chi connectivity index (χ1n) is 5.41. The molecule has 0 fully saturated rings. The Morgan fingerprint density at radius 2 is 2.29 bits per heavy atom. The lowest BCUT2D eigenvalue weighted by atomic mass is 10.3. The van der Waals surface area contributed by atoms with Gasteiger partial charge in [0.05, 0.1) is 5.69 Å². The molecule has 17 heavy (non-hydrogen) atoms. The number of nitrogens with one attached hydrogen (secondary N) is 2. The van der Waals surface area contributed by atoms with Crippen LogP contribution in [0.25, 0.3) is 0 Å². The molecule has 0 aliphatic rings. The van der Waals surface area contributed by atoms with Crippen LogP contribution in [0.15, 0.2) is 27.7 Å². The van der Waals surface area contributed by atoms with Crippen LogP contribution in [0.3, 0.4) is 0 Å². The normalized spacial score (nSPS) is 11.4. The van der Waals surface area contributed by atoms with Crippen LogP contribution in [0.5, 0.6) is 0 Å². The number of rotatable bonds is 4. The zero-order chi connectivity index (χ0) is 12.7. The van der Waals surface area contributed by atoms with E-state index in [0.29, 0.717) is 22.7 Å². The van der Waals surface area contributed by atoms with Crippen molar-refractivity contribution in [2.45, 2.75) is 19.8 Å². The SMILES string of the molecule is CCCCN=C(NN)Nc1c(F)cccc1Br. The first kappa shape index (κ1) is 13.9. The zero-order valence-electron chi connectivity index (χ0n) is 9.63. The van der Waals surface area contributed by atoms with Crippen LogP contribution in [-0.4, -0.2) is 12.5 Å². The van der Waals surface area contributed by atoms with Gasteiger partial charge in [0.2, 0.25) is 5.96 Å². The highest BCUT2D eigenvalue weighted by atomic mass is 79.9. The maximum atomic E-state index is 13.5. The predicted molar refractivity (Wildman–Crippen MR) is 72.3 cm³/mol. The molecule has 0 aliphatic heterocycles.